The Kier molecular flexibility index (Phi) is 8.00. The van der Waals surface area contributed by atoms with Crippen molar-refractivity contribution in [2.24, 2.45) is 0 Å². The van der Waals surface area contributed by atoms with E-state index in [1.165, 1.54) is 18.4 Å². The number of ether oxygens (including phenoxy) is 2. The molecule has 0 amide bonds. The van der Waals surface area contributed by atoms with Crippen LogP contribution in [0.4, 0.5) is 0 Å². The maximum Gasteiger partial charge on any atom is 0.162 e. The lowest BCUT2D eigenvalue weighted by Crippen LogP contribution is -2.17. The summed E-state index contributed by atoms with van der Waals surface area (Å²) in [4.78, 5) is 0. The van der Waals surface area contributed by atoms with Crippen LogP contribution in [-0.4, -0.2) is 20.3 Å². The Labute approximate surface area is 131 Å². The molecule has 0 aliphatic carbocycles. The monoisotopic (exact) mass is 343 g/mol. The Morgan fingerprint density at radius 2 is 1.70 bits per heavy atom. The highest BCUT2D eigenvalue weighted by Crippen LogP contribution is 2.37. The first kappa shape index (κ1) is 17.3. The van der Waals surface area contributed by atoms with Crippen molar-refractivity contribution < 1.29 is 9.47 Å². The van der Waals surface area contributed by atoms with Gasteiger partial charge in [-0.2, -0.15) is 0 Å². The third-order valence-corrected chi connectivity index (χ3v) is 3.92. The summed E-state index contributed by atoms with van der Waals surface area (Å²) in [7, 11) is 2.00. The van der Waals surface area contributed by atoms with Crippen molar-refractivity contribution in [2.75, 3.05) is 20.3 Å². The molecule has 0 saturated carbocycles. The zero-order valence-electron chi connectivity index (χ0n) is 13.0. The predicted molar refractivity (Wildman–Crippen MR) is 87.8 cm³/mol. The van der Waals surface area contributed by atoms with Gasteiger partial charge in [-0.15, -0.1) is 0 Å². The second kappa shape index (κ2) is 9.24. The van der Waals surface area contributed by atoms with E-state index in [-0.39, 0.29) is 0 Å². The number of unbranched alkanes of at least 4 members (excludes halogenated alkanes) is 1. The van der Waals surface area contributed by atoms with Crippen LogP contribution in [0, 0.1) is 0 Å². The molecule has 20 heavy (non-hydrogen) atoms. The van der Waals surface area contributed by atoms with E-state index in [0.29, 0.717) is 19.3 Å². The molecule has 1 N–H and O–H groups in total. The summed E-state index contributed by atoms with van der Waals surface area (Å²) in [6.45, 7) is 7.46. The lowest BCUT2D eigenvalue weighted by molar-refractivity contribution is 0.287. The molecule has 0 aromatic heterocycles. The first-order valence-electron chi connectivity index (χ1n) is 7.44. The van der Waals surface area contributed by atoms with E-state index < -0.39 is 0 Å². The first-order valence-corrected chi connectivity index (χ1v) is 8.23. The topological polar surface area (TPSA) is 30.5 Å². The average Bonchev–Trinajstić information content (AvgIpc) is 2.44. The van der Waals surface area contributed by atoms with Gasteiger partial charge in [0.15, 0.2) is 11.5 Å². The molecular weight excluding hydrogens is 318 g/mol. The number of hydrogen-bond acceptors (Lipinski definition) is 3. The molecule has 0 radical (unpaired) electrons. The van der Waals surface area contributed by atoms with Gasteiger partial charge >= 0.3 is 0 Å². The van der Waals surface area contributed by atoms with Gasteiger partial charge in [0.2, 0.25) is 0 Å². The van der Waals surface area contributed by atoms with Crippen LogP contribution in [-0.2, 0) is 0 Å². The molecule has 0 bridgehead atoms. The summed E-state index contributed by atoms with van der Waals surface area (Å²) in [5.41, 5.74) is 1.23. The van der Waals surface area contributed by atoms with Crippen molar-refractivity contribution in [1.29, 1.82) is 0 Å². The van der Waals surface area contributed by atoms with Crippen molar-refractivity contribution in [3.05, 3.63) is 22.2 Å². The molecule has 0 spiro atoms. The summed E-state index contributed by atoms with van der Waals surface area (Å²) >= 11 is 3.66. The third-order valence-electron chi connectivity index (χ3n) is 3.23. The normalized spacial score (nSPS) is 12.2. The maximum atomic E-state index is 5.71. The largest absolute Gasteiger partial charge is 0.490 e. The Morgan fingerprint density at radius 3 is 2.20 bits per heavy atom. The number of rotatable bonds is 9. The van der Waals surface area contributed by atoms with Crippen LogP contribution in [0.15, 0.2) is 16.6 Å². The molecule has 0 fully saturated rings. The highest BCUT2D eigenvalue weighted by Gasteiger charge is 2.17. The van der Waals surface area contributed by atoms with Gasteiger partial charge in [-0.1, -0.05) is 35.7 Å². The standard InChI is InChI=1S/C16H26BrNO2/c1-5-8-9-14(18-4)12-10-15(19-6-2)16(20-7-3)11-13(12)17/h10-11,14,18H,5-9H2,1-4H3. The lowest BCUT2D eigenvalue weighted by Gasteiger charge is -2.20. The molecular formula is C16H26BrNO2. The Hall–Kier alpha value is -0.740. The van der Waals surface area contributed by atoms with E-state index in [2.05, 4.69) is 34.2 Å². The minimum atomic E-state index is 0.333. The molecule has 4 heteroatoms. The summed E-state index contributed by atoms with van der Waals surface area (Å²) < 4.78 is 12.4. The second-order valence-electron chi connectivity index (χ2n) is 4.67. The van der Waals surface area contributed by atoms with Crippen LogP contribution < -0.4 is 14.8 Å². The quantitative estimate of drug-likeness (QED) is 0.704. The number of benzene rings is 1. The molecule has 0 aliphatic heterocycles. The van der Waals surface area contributed by atoms with Crippen LogP contribution in [0.2, 0.25) is 0 Å². The minimum Gasteiger partial charge on any atom is -0.490 e. The summed E-state index contributed by atoms with van der Waals surface area (Å²) in [5, 5.41) is 3.39. The van der Waals surface area contributed by atoms with E-state index in [9.17, 15) is 0 Å². The number of halogens is 1. The molecule has 0 saturated heterocycles. The highest BCUT2D eigenvalue weighted by atomic mass is 79.9. The Bertz CT molecular complexity index is 410. The summed E-state index contributed by atoms with van der Waals surface area (Å²) in [6, 6.07) is 4.44. The molecule has 114 valence electrons. The van der Waals surface area contributed by atoms with E-state index >= 15 is 0 Å². The first-order chi connectivity index (χ1) is 9.67. The fourth-order valence-electron chi connectivity index (χ4n) is 2.22. The minimum absolute atomic E-state index is 0.333. The van der Waals surface area contributed by atoms with Crippen LogP contribution in [0.1, 0.15) is 51.6 Å². The van der Waals surface area contributed by atoms with Crippen molar-refractivity contribution in [2.45, 2.75) is 46.1 Å². The van der Waals surface area contributed by atoms with E-state index in [4.69, 9.17) is 9.47 Å². The molecule has 3 nitrogen and oxygen atoms in total. The van der Waals surface area contributed by atoms with Gasteiger partial charge in [0.25, 0.3) is 0 Å². The highest BCUT2D eigenvalue weighted by molar-refractivity contribution is 9.10. The zero-order chi connectivity index (χ0) is 15.0. The van der Waals surface area contributed by atoms with Gasteiger partial charge in [-0.25, -0.2) is 0 Å². The van der Waals surface area contributed by atoms with Crippen LogP contribution >= 0.6 is 15.9 Å². The van der Waals surface area contributed by atoms with Gasteiger partial charge in [-0.3, -0.25) is 0 Å². The maximum absolute atomic E-state index is 5.71. The van der Waals surface area contributed by atoms with Crippen molar-refractivity contribution >= 4 is 15.9 Å². The van der Waals surface area contributed by atoms with Gasteiger partial charge in [0.1, 0.15) is 0 Å². The smallest absolute Gasteiger partial charge is 0.162 e. The average molecular weight is 344 g/mol. The fraction of sp³-hybridized carbons (Fsp3) is 0.625. The zero-order valence-corrected chi connectivity index (χ0v) is 14.5. The van der Waals surface area contributed by atoms with E-state index in [0.717, 1.165) is 22.4 Å². The molecule has 1 aromatic rings. The third kappa shape index (κ3) is 4.67. The van der Waals surface area contributed by atoms with Crippen LogP contribution in [0.25, 0.3) is 0 Å². The molecule has 1 unspecified atom stereocenters. The molecule has 0 aliphatic rings. The molecule has 1 aromatic carbocycles. The Balaban J connectivity index is 3.08. The molecule has 0 heterocycles. The summed E-state index contributed by atoms with van der Waals surface area (Å²) in [5.74, 6) is 1.62. The van der Waals surface area contributed by atoms with Crippen molar-refractivity contribution in [1.82, 2.24) is 5.32 Å². The fourth-order valence-corrected chi connectivity index (χ4v) is 2.82. The van der Waals surface area contributed by atoms with Crippen LogP contribution in [0.5, 0.6) is 11.5 Å². The molecule has 1 rings (SSSR count). The van der Waals surface area contributed by atoms with Crippen LogP contribution in [0.3, 0.4) is 0 Å². The van der Waals surface area contributed by atoms with Gasteiger partial charge < -0.3 is 14.8 Å². The number of hydrogen-bond donors (Lipinski definition) is 1. The summed E-state index contributed by atoms with van der Waals surface area (Å²) in [6.07, 6.45) is 3.52. The molecule has 1 atom stereocenters. The van der Waals surface area contributed by atoms with E-state index in [1.807, 2.05) is 27.0 Å². The second-order valence-corrected chi connectivity index (χ2v) is 5.52. The SMILES string of the molecule is CCCCC(NC)c1cc(OCC)c(OCC)cc1Br. The van der Waals surface area contributed by atoms with Gasteiger partial charge in [0, 0.05) is 10.5 Å². The predicted octanol–water partition coefficient (Wildman–Crippen LogP) is 4.70. The van der Waals surface area contributed by atoms with Gasteiger partial charge in [-0.05, 0) is 45.0 Å². The number of nitrogens with one attached hydrogen (secondary N) is 1. The van der Waals surface area contributed by atoms with Crippen molar-refractivity contribution in [3.8, 4) is 11.5 Å². The van der Waals surface area contributed by atoms with E-state index in [1.54, 1.807) is 0 Å². The van der Waals surface area contributed by atoms with Crippen molar-refractivity contribution in [3.63, 3.8) is 0 Å². The lowest BCUT2D eigenvalue weighted by atomic mass is 10.0. The Morgan fingerprint density at radius 1 is 1.10 bits per heavy atom. The van der Waals surface area contributed by atoms with Gasteiger partial charge in [0.05, 0.1) is 13.2 Å².